The average molecular weight is 689 g/mol. The van der Waals surface area contributed by atoms with Gasteiger partial charge in [-0.1, -0.05) is 83.1 Å². The van der Waals surface area contributed by atoms with Gasteiger partial charge in [0.25, 0.3) is 11.5 Å². The fourth-order valence-electron chi connectivity index (χ4n) is 5.98. The maximum absolute atomic E-state index is 12.2. The van der Waals surface area contributed by atoms with Crippen LogP contribution in [0.2, 0.25) is 0 Å². The molecule has 14 heteroatoms. The van der Waals surface area contributed by atoms with Gasteiger partial charge in [-0.25, -0.2) is 9.78 Å². The lowest BCUT2D eigenvalue weighted by molar-refractivity contribution is 0.557. The van der Waals surface area contributed by atoms with Crippen molar-refractivity contribution in [1.82, 2.24) is 44.5 Å². The maximum atomic E-state index is 12.2. The summed E-state index contributed by atoms with van der Waals surface area (Å²) in [6.07, 6.45) is 5.48. The van der Waals surface area contributed by atoms with Crippen molar-refractivity contribution in [3.63, 3.8) is 0 Å². The Morgan fingerprint density at radius 1 is 0.804 bits per heavy atom. The Hall–Kier alpha value is -6.05. The molecule has 0 saturated heterocycles. The van der Waals surface area contributed by atoms with E-state index in [1.807, 2.05) is 42.5 Å². The minimum absolute atomic E-state index is 0.0677. The van der Waals surface area contributed by atoms with Crippen LogP contribution < -0.4 is 28.0 Å². The summed E-state index contributed by atoms with van der Waals surface area (Å²) < 4.78 is 2.89. The zero-order valence-electron chi connectivity index (χ0n) is 29.6. The molecule has 264 valence electrons. The van der Waals surface area contributed by atoms with Crippen LogP contribution in [0.15, 0.2) is 70.3 Å². The molecule has 0 amide bonds. The number of aromatic nitrogens is 9. The molecule has 14 nitrogen and oxygen atoms in total. The molecular weight excluding hydrogens is 644 g/mol. The lowest BCUT2D eigenvalue weighted by Gasteiger charge is -2.15. The van der Waals surface area contributed by atoms with Gasteiger partial charge in [-0.15, -0.1) is 0 Å². The summed E-state index contributed by atoms with van der Waals surface area (Å²) in [6.45, 7) is 10.4. The first-order valence-corrected chi connectivity index (χ1v) is 17.2. The number of benzene rings is 2. The van der Waals surface area contributed by atoms with Crippen LogP contribution >= 0.6 is 0 Å². The number of nitrogens with two attached hydrogens (primary N) is 2. The van der Waals surface area contributed by atoms with E-state index in [0.29, 0.717) is 23.3 Å². The highest BCUT2D eigenvalue weighted by atomic mass is 16.1. The molecular formula is C37H44N12O2. The van der Waals surface area contributed by atoms with Crippen LogP contribution in [-0.4, -0.2) is 44.5 Å². The van der Waals surface area contributed by atoms with Gasteiger partial charge in [0, 0.05) is 34.4 Å². The first-order chi connectivity index (χ1) is 24.4. The number of rotatable bonds is 7. The van der Waals surface area contributed by atoms with Crippen molar-refractivity contribution in [3.8, 4) is 23.2 Å². The van der Waals surface area contributed by atoms with Gasteiger partial charge in [-0.05, 0) is 49.7 Å². The van der Waals surface area contributed by atoms with Crippen LogP contribution in [0.25, 0.3) is 23.2 Å². The SMILES string of the molecule is CC(C)(C)c1cc(N)n(-c2nc3c(c(=O)[nH]2)CCCC3)n1.CCc1cccc(CC)c1Nc1nc(-n2nc(-c3ccccc3)cc2N)nc(=O)[nH]1. The van der Waals surface area contributed by atoms with E-state index in [1.165, 1.54) is 9.36 Å². The number of nitrogen functional groups attached to an aromatic ring is 2. The molecule has 0 bridgehead atoms. The Kier molecular flexibility index (Phi) is 9.85. The molecule has 0 radical (unpaired) electrons. The van der Waals surface area contributed by atoms with Gasteiger partial charge < -0.3 is 16.8 Å². The van der Waals surface area contributed by atoms with E-state index in [0.717, 1.165) is 77.9 Å². The number of hydrogen-bond donors (Lipinski definition) is 5. The second kappa shape index (κ2) is 14.4. The van der Waals surface area contributed by atoms with E-state index >= 15 is 0 Å². The Balaban J connectivity index is 0.000000187. The summed E-state index contributed by atoms with van der Waals surface area (Å²) in [4.78, 5) is 42.9. The van der Waals surface area contributed by atoms with Crippen molar-refractivity contribution >= 4 is 23.3 Å². The number of aryl methyl sites for hydroxylation is 3. The third kappa shape index (κ3) is 7.59. The summed E-state index contributed by atoms with van der Waals surface area (Å²) in [5, 5.41) is 12.3. The second-order valence-electron chi connectivity index (χ2n) is 13.5. The largest absolute Gasteiger partial charge is 0.383 e. The van der Waals surface area contributed by atoms with E-state index in [-0.39, 0.29) is 22.9 Å². The predicted molar refractivity (Wildman–Crippen MR) is 200 cm³/mol. The molecule has 1 aliphatic carbocycles. The van der Waals surface area contributed by atoms with Gasteiger partial charge in [0.2, 0.25) is 11.9 Å². The van der Waals surface area contributed by atoms with Crippen LogP contribution in [0, 0.1) is 0 Å². The molecule has 7 N–H and O–H groups in total. The molecule has 1 aliphatic rings. The molecule has 0 aliphatic heterocycles. The number of fused-ring (bicyclic) bond motifs is 1. The second-order valence-corrected chi connectivity index (χ2v) is 13.5. The monoisotopic (exact) mass is 688 g/mol. The zero-order chi connectivity index (χ0) is 36.3. The minimum Gasteiger partial charge on any atom is -0.383 e. The number of nitrogens with zero attached hydrogens (tertiary/aromatic N) is 7. The Bertz CT molecular complexity index is 2250. The van der Waals surface area contributed by atoms with Gasteiger partial charge in [-0.3, -0.25) is 14.8 Å². The molecule has 51 heavy (non-hydrogen) atoms. The summed E-state index contributed by atoms with van der Waals surface area (Å²) in [5.41, 5.74) is 18.9. The van der Waals surface area contributed by atoms with Crippen molar-refractivity contribution in [2.45, 2.75) is 78.6 Å². The van der Waals surface area contributed by atoms with E-state index in [9.17, 15) is 9.59 Å². The standard InChI is InChI=1S/C22H23N7O.C15H21N5O/c1-3-14-11-8-12-15(4-2)19(14)24-20-25-21(27-22(30)26-20)29-18(23)13-17(28-29)16-9-6-5-7-10-16;1-15(2,3)11-8-12(16)20(19-11)14-17-10-7-5-4-6-9(10)13(21)18-14/h5-13H,3-4,23H2,1-2H3,(H2,24,25,26,27,30);8H,4-7,16H2,1-3H3,(H,17,18,21). The van der Waals surface area contributed by atoms with E-state index in [4.69, 9.17) is 11.5 Å². The number of aromatic amines is 2. The summed E-state index contributed by atoms with van der Waals surface area (Å²) in [5.74, 6) is 1.63. The van der Waals surface area contributed by atoms with E-state index in [1.54, 1.807) is 6.07 Å². The van der Waals surface area contributed by atoms with Gasteiger partial charge >= 0.3 is 5.69 Å². The van der Waals surface area contributed by atoms with Gasteiger partial charge in [0.05, 0.1) is 17.1 Å². The fraction of sp³-hybridized carbons (Fsp3) is 0.324. The molecule has 0 spiro atoms. The summed E-state index contributed by atoms with van der Waals surface area (Å²) >= 11 is 0. The number of hydrogen-bond acceptors (Lipinski definition) is 10. The minimum atomic E-state index is -0.536. The van der Waals surface area contributed by atoms with Gasteiger partial charge in [0.1, 0.15) is 11.6 Å². The highest BCUT2D eigenvalue weighted by Crippen LogP contribution is 2.27. The zero-order valence-corrected chi connectivity index (χ0v) is 29.6. The third-order valence-electron chi connectivity index (χ3n) is 8.76. The highest BCUT2D eigenvalue weighted by molar-refractivity contribution is 5.65. The number of H-pyrrole nitrogens is 2. The number of nitrogens with one attached hydrogen (secondary N) is 3. The van der Waals surface area contributed by atoms with Crippen LogP contribution in [0.4, 0.5) is 23.3 Å². The molecule has 0 atom stereocenters. The highest BCUT2D eigenvalue weighted by Gasteiger charge is 2.22. The quantitative estimate of drug-likeness (QED) is 0.149. The van der Waals surface area contributed by atoms with Crippen molar-refractivity contribution in [2.75, 3.05) is 16.8 Å². The topological polar surface area (TPSA) is 204 Å². The molecule has 7 rings (SSSR count). The Morgan fingerprint density at radius 2 is 1.49 bits per heavy atom. The fourth-order valence-corrected chi connectivity index (χ4v) is 5.98. The van der Waals surface area contributed by atoms with Crippen molar-refractivity contribution in [3.05, 3.63) is 110 Å². The van der Waals surface area contributed by atoms with E-state index < -0.39 is 5.69 Å². The molecule has 0 unspecified atom stereocenters. The average Bonchev–Trinajstić information content (AvgIpc) is 3.71. The Morgan fingerprint density at radius 3 is 2.16 bits per heavy atom. The molecule has 0 fully saturated rings. The number of anilines is 4. The lowest BCUT2D eigenvalue weighted by Crippen LogP contribution is -2.24. The summed E-state index contributed by atoms with van der Waals surface area (Å²) in [6, 6.07) is 19.4. The number of para-hydroxylation sites is 1. The predicted octanol–water partition coefficient (Wildman–Crippen LogP) is 5.18. The molecule has 2 aromatic carbocycles. The van der Waals surface area contributed by atoms with Gasteiger partial charge in [-0.2, -0.15) is 29.5 Å². The van der Waals surface area contributed by atoms with Crippen molar-refractivity contribution < 1.29 is 0 Å². The smallest absolute Gasteiger partial charge is 0.351 e. The van der Waals surface area contributed by atoms with Crippen LogP contribution in [0.1, 0.15) is 75.5 Å². The summed E-state index contributed by atoms with van der Waals surface area (Å²) in [7, 11) is 0. The molecule has 4 heterocycles. The van der Waals surface area contributed by atoms with Crippen LogP contribution in [-0.2, 0) is 31.1 Å². The lowest BCUT2D eigenvalue weighted by atomic mass is 9.92. The third-order valence-corrected chi connectivity index (χ3v) is 8.76. The van der Waals surface area contributed by atoms with Crippen LogP contribution in [0.5, 0.6) is 0 Å². The maximum Gasteiger partial charge on any atom is 0.351 e. The van der Waals surface area contributed by atoms with E-state index in [2.05, 4.69) is 87.2 Å². The van der Waals surface area contributed by atoms with Crippen LogP contribution in [0.3, 0.4) is 0 Å². The normalized spacial score (nSPS) is 12.6. The molecule has 4 aromatic heterocycles. The molecule has 0 saturated carbocycles. The first kappa shape index (κ1) is 34.8. The van der Waals surface area contributed by atoms with Gasteiger partial charge in [0.15, 0.2) is 0 Å². The Labute approximate surface area is 295 Å². The van der Waals surface area contributed by atoms with Crippen molar-refractivity contribution in [2.24, 2.45) is 0 Å². The van der Waals surface area contributed by atoms with Crippen molar-refractivity contribution in [1.29, 1.82) is 0 Å². The molecule has 6 aromatic rings. The first-order valence-electron chi connectivity index (χ1n) is 17.2.